The summed E-state index contributed by atoms with van der Waals surface area (Å²) in [5.74, 6) is 1.76. The summed E-state index contributed by atoms with van der Waals surface area (Å²) in [6, 6.07) is 8.19. The number of rotatable bonds is 4. The molecule has 156 valence electrons. The molecule has 2 aromatic rings. The van der Waals surface area contributed by atoms with Crippen molar-refractivity contribution in [2.24, 2.45) is 7.05 Å². The van der Waals surface area contributed by atoms with Crippen molar-refractivity contribution in [2.75, 3.05) is 39.0 Å². The van der Waals surface area contributed by atoms with E-state index in [-0.39, 0.29) is 5.91 Å². The molecule has 1 aromatic heterocycles. The van der Waals surface area contributed by atoms with Gasteiger partial charge in [-0.25, -0.2) is 0 Å². The van der Waals surface area contributed by atoms with E-state index in [4.69, 9.17) is 7.85 Å². The van der Waals surface area contributed by atoms with Gasteiger partial charge in [0.25, 0.3) is 5.91 Å². The predicted molar refractivity (Wildman–Crippen MR) is 124 cm³/mol. The highest BCUT2D eigenvalue weighted by molar-refractivity contribution is 6.43. The SMILES string of the molecule is [B]C1=CCNc2c1c(C)c(CN1CCC(c3ccc(C(=O)N(C)C)cc3)CC1)n2C. The molecule has 1 fully saturated rings. The van der Waals surface area contributed by atoms with Crippen molar-refractivity contribution in [3.05, 3.63) is 58.3 Å². The van der Waals surface area contributed by atoms with Crippen LogP contribution in [0.25, 0.3) is 5.47 Å². The Morgan fingerprint density at radius 1 is 1.20 bits per heavy atom. The third-order valence-corrected chi connectivity index (χ3v) is 6.66. The third kappa shape index (κ3) is 3.81. The van der Waals surface area contributed by atoms with Crippen LogP contribution in [0.1, 0.15) is 51.5 Å². The number of piperidine rings is 1. The van der Waals surface area contributed by atoms with Crippen LogP contribution < -0.4 is 5.32 Å². The number of hydrogen-bond acceptors (Lipinski definition) is 3. The number of carbonyl (C=O) groups excluding carboxylic acids is 1. The third-order valence-electron chi connectivity index (χ3n) is 6.66. The standard InChI is InChI=1S/C24H31BN4O/c1-16-21(28(4)23-22(16)20(25)9-12-26-23)15-29-13-10-18(11-14-29)17-5-7-19(8-6-17)24(30)27(2)3/h5-9,18,26H,10-15H2,1-4H3. The van der Waals surface area contributed by atoms with Crippen LogP contribution in [0.15, 0.2) is 30.3 Å². The first-order chi connectivity index (χ1) is 14.4. The second-order valence-electron chi connectivity index (χ2n) is 8.77. The van der Waals surface area contributed by atoms with Gasteiger partial charge in [0.1, 0.15) is 13.7 Å². The number of hydrogen-bond donors (Lipinski definition) is 1. The summed E-state index contributed by atoms with van der Waals surface area (Å²) in [5.41, 5.74) is 6.79. The molecule has 2 aliphatic rings. The lowest BCUT2D eigenvalue weighted by molar-refractivity contribution is 0.0827. The average molecular weight is 402 g/mol. The highest BCUT2D eigenvalue weighted by Crippen LogP contribution is 2.35. The van der Waals surface area contributed by atoms with Gasteiger partial charge in [-0.3, -0.25) is 9.69 Å². The van der Waals surface area contributed by atoms with Gasteiger partial charge in [0.2, 0.25) is 0 Å². The van der Waals surface area contributed by atoms with Gasteiger partial charge in [-0.15, -0.1) is 0 Å². The Morgan fingerprint density at radius 3 is 2.47 bits per heavy atom. The molecule has 1 amide bonds. The van der Waals surface area contributed by atoms with Gasteiger partial charge < -0.3 is 14.8 Å². The van der Waals surface area contributed by atoms with Gasteiger partial charge in [0.15, 0.2) is 0 Å². The second kappa shape index (κ2) is 8.34. The molecule has 3 heterocycles. The Morgan fingerprint density at radius 2 is 1.87 bits per heavy atom. The number of likely N-dealkylation sites (tertiary alicyclic amines) is 1. The summed E-state index contributed by atoms with van der Waals surface area (Å²) in [4.78, 5) is 16.3. The minimum atomic E-state index is 0.0574. The van der Waals surface area contributed by atoms with Crippen molar-refractivity contribution in [3.63, 3.8) is 0 Å². The van der Waals surface area contributed by atoms with Crippen molar-refractivity contribution < 1.29 is 4.79 Å². The average Bonchev–Trinajstić information content (AvgIpc) is 2.99. The Kier molecular flexibility index (Phi) is 5.78. The topological polar surface area (TPSA) is 40.5 Å². The highest BCUT2D eigenvalue weighted by atomic mass is 16.2. The van der Waals surface area contributed by atoms with Crippen LogP contribution >= 0.6 is 0 Å². The van der Waals surface area contributed by atoms with E-state index in [0.29, 0.717) is 5.92 Å². The molecule has 1 N–H and O–H groups in total. The fourth-order valence-electron chi connectivity index (χ4n) is 4.81. The molecule has 1 saturated heterocycles. The maximum absolute atomic E-state index is 12.1. The number of amides is 1. The van der Waals surface area contributed by atoms with Crippen LogP contribution in [-0.2, 0) is 13.6 Å². The van der Waals surface area contributed by atoms with Crippen LogP contribution in [0.2, 0.25) is 0 Å². The highest BCUT2D eigenvalue weighted by Gasteiger charge is 2.25. The van der Waals surface area contributed by atoms with E-state index in [9.17, 15) is 4.79 Å². The molecule has 5 nitrogen and oxygen atoms in total. The smallest absolute Gasteiger partial charge is 0.253 e. The summed E-state index contributed by atoms with van der Waals surface area (Å²) in [5, 5.41) is 3.47. The van der Waals surface area contributed by atoms with Gasteiger partial charge in [-0.1, -0.05) is 23.7 Å². The molecule has 30 heavy (non-hydrogen) atoms. The summed E-state index contributed by atoms with van der Waals surface area (Å²) in [7, 11) is 12.0. The van der Waals surface area contributed by atoms with Gasteiger partial charge >= 0.3 is 0 Å². The van der Waals surface area contributed by atoms with Gasteiger partial charge in [0, 0.05) is 51.1 Å². The Balaban J connectivity index is 1.40. The number of nitrogens with one attached hydrogen (secondary N) is 1. The molecular weight excluding hydrogens is 371 g/mol. The number of anilines is 1. The molecule has 4 rings (SSSR count). The van der Waals surface area contributed by atoms with Gasteiger partial charge in [-0.05, 0) is 62.0 Å². The Bertz CT molecular complexity index is 966. The maximum atomic E-state index is 12.1. The monoisotopic (exact) mass is 402 g/mol. The minimum Gasteiger partial charge on any atom is -0.368 e. The first-order valence-corrected chi connectivity index (χ1v) is 10.8. The number of nitrogens with zero attached hydrogens (tertiary/aromatic N) is 3. The largest absolute Gasteiger partial charge is 0.368 e. The van der Waals surface area contributed by atoms with Crippen molar-refractivity contribution in [2.45, 2.75) is 32.2 Å². The molecule has 6 heteroatoms. The summed E-state index contributed by atoms with van der Waals surface area (Å²) in [6.07, 6.45) is 4.34. The van der Waals surface area contributed by atoms with Crippen molar-refractivity contribution in [3.8, 4) is 0 Å². The van der Waals surface area contributed by atoms with E-state index in [2.05, 4.69) is 47.0 Å². The van der Waals surface area contributed by atoms with E-state index in [1.54, 1.807) is 19.0 Å². The van der Waals surface area contributed by atoms with E-state index < -0.39 is 0 Å². The molecular formula is C24H31BN4O. The summed E-state index contributed by atoms with van der Waals surface area (Å²) < 4.78 is 2.27. The fraction of sp³-hybridized carbons (Fsp3) is 0.458. The lowest BCUT2D eigenvalue weighted by Gasteiger charge is -2.32. The fourth-order valence-corrected chi connectivity index (χ4v) is 4.81. The zero-order valence-corrected chi connectivity index (χ0v) is 18.5. The molecule has 2 aliphatic heterocycles. The molecule has 0 unspecified atom stereocenters. The molecule has 0 saturated carbocycles. The van der Waals surface area contributed by atoms with Crippen molar-refractivity contribution >= 4 is 25.0 Å². The van der Waals surface area contributed by atoms with Crippen LogP contribution in [0.4, 0.5) is 5.82 Å². The quantitative estimate of drug-likeness (QED) is 0.798. The number of fused-ring (bicyclic) bond motifs is 1. The predicted octanol–water partition coefficient (Wildman–Crippen LogP) is 3.35. The second-order valence-corrected chi connectivity index (χ2v) is 8.77. The van der Waals surface area contributed by atoms with E-state index in [1.165, 1.54) is 22.4 Å². The van der Waals surface area contributed by atoms with Crippen molar-refractivity contribution in [1.29, 1.82) is 0 Å². The Labute approximate surface area is 181 Å². The first-order valence-electron chi connectivity index (χ1n) is 10.8. The number of benzene rings is 1. The molecule has 0 bridgehead atoms. The summed E-state index contributed by atoms with van der Waals surface area (Å²) in [6.45, 7) is 6.09. The summed E-state index contributed by atoms with van der Waals surface area (Å²) >= 11 is 0. The van der Waals surface area contributed by atoms with Gasteiger partial charge in [-0.2, -0.15) is 0 Å². The number of aromatic nitrogens is 1. The molecule has 2 radical (unpaired) electrons. The van der Waals surface area contributed by atoms with E-state index in [0.717, 1.165) is 55.9 Å². The molecule has 0 aliphatic carbocycles. The molecule has 0 atom stereocenters. The number of carbonyl (C=O) groups is 1. The first kappa shape index (κ1) is 20.8. The van der Waals surface area contributed by atoms with Crippen molar-refractivity contribution in [1.82, 2.24) is 14.4 Å². The van der Waals surface area contributed by atoms with E-state index >= 15 is 0 Å². The lowest BCUT2D eigenvalue weighted by Crippen LogP contribution is -2.33. The van der Waals surface area contributed by atoms with Crippen LogP contribution in [0.5, 0.6) is 0 Å². The zero-order valence-electron chi connectivity index (χ0n) is 18.5. The van der Waals surface area contributed by atoms with Crippen LogP contribution in [-0.4, -0.2) is 61.8 Å². The van der Waals surface area contributed by atoms with Gasteiger partial charge in [0.05, 0.1) is 0 Å². The van der Waals surface area contributed by atoms with Crippen LogP contribution in [0, 0.1) is 6.92 Å². The zero-order chi connectivity index (χ0) is 21.4. The Hall–Kier alpha value is -2.47. The van der Waals surface area contributed by atoms with Crippen LogP contribution in [0.3, 0.4) is 0 Å². The maximum Gasteiger partial charge on any atom is 0.253 e. The lowest BCUT2D eigenvalue weighted by atomic mass is 9.85. The van der Waals surface area contributed by atoms with E-state index in [1.807, 2.05) is 12.1 Å². The normalized spacial score (nSPS) is 17.3. The molecule has 1 aromatic carbocycles. The minimum absolute atomic E-state index is 0.0574. The molecule has 0 spiro atoms.